The summed E-state index contributed by atoms with van der Waals surface area (Å²) < 4.78 is 25.8. The van der Waals surface area contributed by atoms with Gasteiger partial charge in [0.25, 0.3) is 5.91 Å². The molecule has 0 N–H and O–H groups in total. The molecule has 28 heavy (non-hydrogen) atoms. The number of rotatable bonds is 4. The third kappa shape index (κ3) is 3.33. The zero-order valence-corrected chi connectivity index (χ0v) is 16.4. The van der Waals surface area contributed by atoms with Crippen LogP contribution in [0.25, 0.3) is 5.69 Å². The highest BCUT2D eigenvalue weighted by atomic mass is 32.2. The van der Waals surface area contributed by atoms with Gasteiger partial charge >= 0.3 is 0 Å². The number of nitrogens with zero attached hydrogens (tertiary/aromatic N) is 3. The second kappa shape index (κ2) is 7.24. The minimum atomic E-state index is -3.27. The Morgan fingerprint density at radius 3 is 2.46 bits per heavy atom. The van der Waals surface area contributed by atoms with Crippen molar-refractivity contribution in [3.63, 3.8) is 0 Å². The third-order valence-electron chi connectivity index (χ3n) is 5.06. The maximum Gasteiger partial charge on any atom is 0.254 e. The van der Waals surface area contributed by atoms with Crippen molar-refractivity contribution in [2.45, 2.75) is 24.8 Å². The number of carbonyl (C=O) groups is 1. The predicted molar refractivity (Wildman–Crippen MR) is 106 cm³/mol. The number of hydrogen-bond donors (Lipinski definition) is 0. The zero-order chi connectivity index (χ0) is 19.7. The van der Waals surface area contributed by atoms with Crippen LogP contribution in [0.2, 0.25) is 0 Å². The average molecular weight is 395 g/mol. The summed E-state index contributed by atoms with van der Waals surface area (Å²) in [7, 11) is -3.27. The first-order valence-electron chi connectivity index (χ1n) is 9.23. The van der Waals surface area contributed by atoms with Crippen molar-refractivity contribution in [1.29, 1.82) is 0 Å². The van der Waals surface area contributed by atoms with Crippen LogP contribution >= 0.6 is 0 Å². The third-order valence-corrected chi connectivity index (χ3v) is 6.81. The summed E-state index contributed by atoms with van der Waals surface area (Å²) in [4.78, 5) is 14.9. The van der Waals surface area contributed by atoms with Crippen molar-refractivity contribution in [3.8, 4) is 5.69 Å². The van der Waals surface area contributed by atoms with Crippen molar-refractivity contribution in [2.75, 3.05) is 12.3 Å². The van der Waals surface area contributed by atoms with Gasteiger partial charge in [-0.15, -0.1) is 0 Å². The van der Waals surface area contributed by atoms with Gasteiger partial charge in [-0.2, -0.15) is 5.10 Å². The molecule has 0 saturated heterocycles. The Bertz CT molecular complexity index is 1100. The molecule has 4 rings (SSSR count). The number of fused-ring (bicyclic) bond motifs is 1. The Morgan fingerprint density at radius 1 is 1.07 bits per heavy atom. The van der Waals surface area contributed by atoms with E-state index in [4.69, 9.17) is 0 Å². The summed E-state index contributed by atoms with van der Waals surface area (Å²) in [5.74, 6) is -0.0563. The van der Waals surface area contributed by atoms with Crippen LogP contribution in [-0.2, 0) is 22.8 Å². The van der Waals surface area contributed by atoms with Crippen LogP contribution in [0.15, 0.2) is 65.7 Å². The van der Waals surface area contributed by atoms with Gasteiger partial charge in [-0.3, -0.25) is 4.79 Å². The lowest BCUT2D eigenvalue weighted by Gasteiger charge is -2.27. The molecule has 0 saturated carbocycles. The molecule has 0 fully saturated rings. The molecule has 7 heteroatoms. The van der Waals surface area contributed by atoms with Crippen LogP contribution in [0.5, 0.6) is 0 Å². The quantitative estimate of drug-likeness (QED) is 0.681. The molecule has 144 valence electrons. The summed E-state index contributed by atoms with van der Waals surface area (Å²) in [6.45, 7) is 2.70. The topological polar surface area (TPSA) is 72.3 Å². The number of sulfone groups is 1. The molecule has 2 aromatic carbocycles. The lowest BCUT2D eigenvalue weighted by molar-refractivity contribution is 0.0733. The maximum absolute atomic E-state index is 12.9. The Balaban J connectivity index is 1.53. The predicted octanol–water partition coefficient (Wildman–Crippen LogP) is 2.86. The highest BCUT2D eigenvalue weighted by Crippen LogP contribution is 2.23. The fourth-order valence-electron chi connectivity index (χ4n) is 3.45. The number of carbonyl (C=O) groups excluding carboxylic acids is 1. The van der Waals surface area contributed by atoms with Gasteiger partial charge in [0.2, 0.25) is 0 Å². The first-order valence-corrected chi connectivity index (χ1v) is 10.9. The number of amides is 1. The molecular weight excluding hydrogens is 374 g/mol. The normalized spacial score (nSPS) is 14.0. The molecule has 1 aliphatic rings. The molecule has 2 heterocycles. The van der Waals surface area contributed by atoms with Crippen LogP contribution in [-0.4, -0.2) is 41.3 Å². The van der Waals surface area contributed by atoms with Crippen molar-refractivity contribution >= 4 is 15.7 Å². The van der Waals surface area contributed by atoms with Gasteiger partial charge in [0.1, 0.15) is 0 Å². The Morgan fingerprint density at radius 2 is 1.79 bits per heavy atom. The molecule has 0 spiro atoms. The first kappa shape index (κ1) is 18.4. The van der Waals surface area contributed by atoms with Gasteiger partial charge in [-0.1, -0.05) is 25.1 Å². The van der Waals surface area contributed by atoms with Gasteiger partial charge in [-0.25, -0.2) is 13.1 Å². The first-order chi connectivity index (χ1) is 13.5. The van der Waals surface area contributed by atoms with E-state index in [0.717, 1.165) is 23.4 Å². The zero-order valence-electron chi connectivity index (χ0n) is 15.6. The van der Waals surface area contributed by atoms with E-state index < -0.39 is 9.84 Å². The minimum Gasteiger partial charge on any atom is -0.334 e. The van der Waals surface area contributed by atoms with Crippen LogP contribution in [0.4, 0.5) is 0 Å². The standard InChI is InChI=1S/C21H21N3O3S/c1-2-28(26,27)19-10-8-16(9-11-19)21(25)23-13-12-20-17(15-23)14-22-24(20)18-6-4-3-5-7-18/h3-11,14H,2,12-13,15H2,1H3. The van der Waals surface area contributed by atoms with Crippen molar-refractivity contribution in [3.05, 3.63) is 77.6 Å². The van der Waals surface area contributed by atoms with E-state index in [1.165, 1.54) is 12.1 Å². The van der Waals surface area contributed by atoms with Crippen molar-refractivity contribution in [1.82, 2.24) is 14.7 Å². The van der Waals surface area contributed by atoms with Gasteiger partial charge in [0.05, 0.1) is 28.2 Å². The van der Waals surface area contributed by atoms with Crippen LogP contribution in [0.3, 0.4) is 0 Å². The smallest absolute Gasteiger partial charge is 0.254 e. The van der Waals surface area contributed by atoms with Crippen molar-refractivity contribution < 1.29 is 13.2 Å². The van der Waals surface area contributed by atoms with Gasteiger partial charge in [0.15, 0.2) is 9.84 Å². The molecule has 0 bridgehead atoms. The molecule has 0 radical (unpaired) electrons. The van der Waals surface area contributed by atoms with E-state index in [9.17, 15) is 13.2 Å². The summed E-state index contributed by atoms with van der Waals surface area (Å²) in [6, 6.07) is 16.1. The van der Waals surface area contributed by atoms with Gasteiger partial charge < -0.3 is 4.90 Å². The summed E-state index contributed by atoms with van der Waals surface area (Å²) in [5, 5.41) is 4.49. The van der Waals surface area contributed by atoms with E-state index in [2.05, 4.69) is 5.10 Å². The Hall–Kier alpha value is -2.93. The lowest BCUT2D eigenvalue weighted by atomic mass is 10.1. The fraction of sp³-hybridized carbons (Fsp3) is 0.238. The van der Waals surface area contributed by atoms with Gasteiger partial charge in [0, 0.05) is 30.6 Å². The molecular formula is C21H21N3O3S. The Kier molecular flexibility index (Phi) is 4.77. The highest BCUT2D eigenvalue weighted by Gasteiger charge is 2.25. The second-order valence-corrected chi connectivity index (χ2v) is 9.05. The summed E-state index contributed by atoms with van der Waals surface area (Å²) in [5.41, 5.74) is 3.67. The molecule has 1 amide bonds. The molecule has 6 nitrogen and oxygen atoms in total. The largest absolute Gasteiger partial charge is 0.334 e. The maximum atomic E-state index is 12.9. The molecule has 0 unspecified atom stereocenters. The van der Waals surface area contributed by atoms with Gasteiger partial charge in [-0.05, 0) is 36.4 Å². The molecule has 0 atom stereocenters. The number of para-hydroxylation sites is 1. The van der Waals surface area contributed by atoms with E-state index in [-0.39, 0.29) is 16.6 Å². The number of benzene rings is 2. The SMILES string of the molecule is CCS(=O)(=O)c1ccc(C(=O)N2CCc3c(cnn3-c3ccccc3)C2)cc1. The molecule has 1 aliphatic heterocycles. The highest BCUT2D eigenvalue weighted by molar-refractivity contribution is 7.91. The lowest BCUT2D eigenvalue weighted by Crippen LogP contribution is -2.36. The molecule has 1 aromatic heterocycles. The monoisotopic (exact) mass is 395 g/mol. The summed E-state index contributed by atoms with van der Waals surface area (Å²) >= 11 is 0. The molecule has 3 aromatic rings. The fourth-order valence-corrected chi connectivity index (χ4v) is 4.33. The van der Waals surface area contributed by atoms with Crippen LogP contribution in [0.1, 0.15) is 28.5 Å². The Labute approximate surface area is 164 Å². The van der Waals surface area contributed by atoms with E-state index in [1.807, 2.05) is 41.2 Å². The average Bonchev–Trinajstić information content (AvgIpc) is 3.17. The minimum absolute atomic E-state index is 0.0423. The van der Waals surface area contributed by atoms with E-state index >= 15 is 0 Å². The van der Waals surface area contributed by atoms with Crippen LogP contribution in [0, 0.1) is 0 Å². The number of aromatic nitrogens is 2. The summed E-state index contributed by atoms with van der Waals surface area (Å²) in [6.07, 6.45) is 2.54. The van der Waals surface area contributed by atoms with Crippen molar-refractivity contribution in [2.24, 2.45) is 0 Å². The molecule has 0 aliphatic carbocycles. The van der Waals surface area contributed by atoms with E-state index in [1.54, 1.807) is 24.0 Å². The number of hydrogen-bond acceptors (Lipinski definition) is 4. The second-order valence-electron chi connectivity index (χ2n) is 6.77. The van der Waals surface area contributed by atoms with E-state index in [0.29, 0.717) is 18.7 Å². The van der Waals surface area contributed by atoms with Crippen LogP contribution < -0.4 is 0 Å².